The second-order valence-electron chi connectivity index (χ2n) is 3.90. The predicted molar refractivity (Wildman–Crippen MR) is 130 cm³/mol. The van der Waals surface area contributed by atoms with Gasteiger partial charge in [0.1, 0.15) is 0 Å². The van der Waals surface area contributed by atoms with Crippen LogP contribution in [-0.2, 0) is 0 Å². The second-order valence-corrected chi connectivity index (χ2v) is 11.8. The van der Waals surface area contributed by atoms with E-state index in [2.05, 4.69) is 159 Å². The monoisotopic (exact) mass is 957 g/mol. The average Bonchev–Trinajstić information content (AvgIpc) is 2.54. The third-order valence-corrected chi connectivity index (χ3v) is 14.6. The van der Waals surface area contributed by atoms with Gasteiger partial charge < -0.3 is 4.74 Å². The first kappa shape index (κ1) is 22.3. The molecule has 0 fully saturated rings. The highest BCUT2D eigenvalue weighted by molar-refractivity contribution is 9.16. The highest BCUT2D eigenvalue weighted by Crippen LogP contribution is 2.54. The molecule has 0 aromatic heterocycles. The van der Waals surface area contributed by atoms with Gasteiger partial charge in [0.2, 0.25) is 0 Å². The lowest BCUT2D eigenvalue weighted by atomic mass is 10.5. The van der Waals surface area contributed by atoms with Crippen LogP contribution in [0.3, 0.4) is 0 Å². The molecule has 2 rings (SSSR count). The van der Waals surface area contributed by atoms with Gasteiger partial charge in [-0.15, -0.1) is 0 Å². The van der Waals surface area contributed by atoms with E-state index < -0.39 is 0 Å². The van der Waals surface area contributed by atoms with E-state index >= 15 is 0 Å². The number of benzene rings is 2. The maximum Gasteiger partial charge on any atom is 0.158 e. The van der Waals surface area contributed by atoms with Crippen molar-refractivity contribution in [1.82, 2.24) is 0 Å². The van der Waals surface area contributed by atoms with Gasteiger partial charge >= 0.3 is 0 Å². The predicted octanol–water partition coefficient (Wildman–Crippen LogP) is 11.1. The molecule has 0 spiro atoms. The molecule has 0 unspecified atom stereocenters. The number of hydrogen-bond donors (Lipinski definition) is 0. The van der Waals surface area contributed by atoms with Crippen LogP contribution in [0.1, 0.15) is 0 Å². The summed E-state index contributed by atoms with van der Waals surface area (Å²) in [5.74, 6) is 1.24. The lowest BCUT2D eigenvalue weighted by Gasteiger charge is -2.18. The Balaban J connectivity index is 2.71. The molecule has 124 valence electrons. The summed E-state index contributed by atoms with van der Waals surface area (Å²) in [4.78, 5) is 0. The largest absolute Gasteiger partial charge is 0.452 e. The normalized spacial score (nSPS) is 11.0. The highest BCUT2D eigenvalue weighted by Gasteiger charge is 2.24. The Morgan fingerprint density at radius 3 is 0.696 bits per heavy atom. The Morgan fingerprint density at radius 1 is 0.304 bits per heavy atom. The molecule has 2 aromatic carbocycles. The molecule has 0 aliphatic rings. The fourth-order valence-corrected chi connectivity index (χ4v) is 7.80. The van der Waals surface area contributed by atoms with E-state index in [-0.39, 0.29) is 0 Å². The standard InChI is InChI=1S/C12Br10O/c13-1-3(15)7(19)11(8(20)4(1)16)23-12-9(21)5(17)2(14)6(18)10(12)22/i1+1,3+1,4+1,7+1,8+1,9+1,11+1,12+1. The van der Waals surface area contributed by atoms with Gasteiger partial charge in [-0.2, -0.15) is 0 Å². The molecular formula is C12Br10O. The van der Waals surface area contributed by atoms with Gasteiger partial charge in [-0.1, -0.05) is 0 Å². The van der Waals surface area contributed by atoms with Crippen molar-refractivity contribution in [3.63, 3.8) is 0 Å². The van der Waals surface area contributed by atoms with Crippen LogP contribution >= 0.6 is 159 Å². The molecule has 0 saturated carbocycles. The quantitative estimate of drug-likeness (QED) is 0.215. The van der Waals surface area contributed by atoms with Gasteiger partial charge in [0, 0.05) is 8.95 Å². The maximum atomic E-state index is 6.19. The summed E-state index contributed by atoms with van der Waals surface area (Å²) in [5.41, 5.74) is 0. The molecule has 11 heteroatoms. The first-order valence-corrected chi connectivity index (χ1v) is 13.2. The zero-order chi connectivity index (χ0) is 17.6. The van der Waals surface area contributed by atoms with Crippen molar-refractivity contribution in [2.24, 2.45) is 0 Å². The van der Waals surface area contributed by atoms with E-state index in [1.807, 2.05) is 0 Å². The molecule has 2 aromatic rings. The Bertz CT molecular complexity index is 691. The SMILES string of the molecule is Brc1c(Br)c(Br)[13c](O[13c]2[13c](Br)[13c](Br)[13c](Br)[13c](Br)[13c]2Br)[13c](Br)c1Br. The van der Waals surface area contributed by atoms with Gasteiger partial charge in [0.05, 0.1) is 35.8 Å². The summed E-state index contributed by atoms with van der Waals surface area (Å²) >= 11 is 35.4. The van der Waals surface area contributed by atoms with E-state index in [9.17, 15) is 0 Å². The van der Waals surface area contributed by atoms with Crippen LogP contribution in [0.15, 0.2) is 44.7 Å². The van der Waals surface area contributed by atoms with Crippen molar-refractivity contribution in [3.05, 3.63) is 44.7 Å². The van der Waals surface area contributed by atoms with Crippen LogP contribution in [0.5, 0.6) is 11.5 Å². The van der Waals surface area contributed by atoms with Crippen molar-refractivity contribution >= 4 is 159 Å². The molecule has 0 aliphatic heterocycles. The molecule has 0 radical (unpaired) electrons. The molecular weight excluding hydrogens is 967 g/mol. The molecule has 23 heavy (non-hydrogen) atoms. The van der Waals surface area contributed by atoms with Gasteiger partial charge in [-0.05, 0) is 159 Å². The van der Waals surface area contributed by atoms with Gasteiger partial charge in [0.15, 0.2) is 11.5 Å². The Morgan fingerprint density at radius 2 is 0.478 bits per heavy atom. The topological polar surface area (TPSA) is 9.23 Å². The lowest BCUT2D eigenvalue weighted by molar-refractivity contribution is 0.468. The van der Waals surface area contributed by atoms with Crippen LogP contribution in [0, 0.1) is 0 Å². The Kier molecular flexibility index (Phi) is 8.76. The van der Waals surface area contributed by atoms with E-state index in [0.29, 0.717) is 11.5 Å². The highest BCUT2D eigenvalue weighted by atomic mass is 79.9. The fraction of sp³-hybridized carbons (Fsp3) is 0. The van der Waals surface area contributed by atoms with E-state index in [0.717, 1.165) is 44.7 Å². The van der Waals surface area contributed by atoms with Gasteiger partial charge in [-0.3, -0.25) is 0 Å². The van der Waals surface area contributed by atoms with E-state index in [1.165, 1.54) is 0 Å². The van der Waals surface area contributed by atoms with Crippen LogP contribution in [-0.4, -0.2) is 0 Å². The van der Waals surface area contributed by atoms with Crippen LogP contribution < -0.4 is 4.74 Å². The molecule has 0 atom stereocenters. The lowest BCUT2D eigenvalue weighted by Crippen LogP contribution is -1.94. The van der Waals surface area contributed by atoms with Gasteiger partial charge in [-0.25, -0.2) is 0 Å². The van der Waals surface area contributed by atoms with E-state index in [1.54, 1.807) is 0 Å². The number of hydrogen-bond acceptors (Lipinski definition) is 1. The zero-order valence-corrected chi connectivity index (χ0v) is 26.0. The molecule has 1 nitrogen and oxygen atoms in total. The third kappa shape index (κ3) is 4.39. The van der Waals surface area contributed by atoms with Crippen LogP contribution in [0.25, 0.3) is 0 Å². The summed E-state index contributed by atoms with van der Waals surface area (Å²) in [7, 11) is 0. The van der Waals surface area contributed by atoms with Crippen molar-refractivity contribution in [2.45, 2.75) is 0 Å². The Hall–Kier alpha value is 3.04. The zero-order valence-electron chi connectivity index (χ0n) is 10.2. The second kappa shape index (κ2) is 9.03. The van der Waals surface area contributed by atoms with Crippen LogP contribution in [0.2, 0.25) is 0 Å². The van der Waals surface area contributed by atoms with E-state index in [4.69, 9.17) is 4.74 Å². The minimum atomic E-state index is 0.620. The van der Waals surface area contributed by atoms with Gasteiger partial charge in [0.25, 0.3) is 0 Å². The summed E-state index contributed by atoms with van der Waals surface area (Å²) in [6, 6.07) is 0. The average molecular weight is 967 g/mol. The van der Waals surface area contributed by atoms with Crippen LogP contribution in [0.4, 0.5) is 0 Å². The number of rotatable bonds is 2. The number of halogens is 10. The fourth-order valence-electron chi connectivity index (χ4n) is 1.45. The minimum Gasteiger partial charge on any atom is -0.452 e. The molecule has 0 N–H and O–H groups in total. The summed E-state index contributed by atoms with van der Waals surface area (Å²) in [5, 5.41) is 0. The van der Waals surface area contributed by atoms with Crippen molar-refractivity contribution < 1.29 is 4.74 Å². The summed E-state index contributed by atoms with van der Waals surface area (Å²) < 4.78 is 14.4. The summed E-state index contributed by atoms with van der Waals surface area (Å²) in [6.45, 7) is 0. The number of ether oxygens (including phenoxy) is 1. The maximum absolute atomic E-state index is 6.19. The molecule has 0 saturated heterocycles. The molecule has 0 amide bonds. The molecule has 0 heterocycles. The smallest absolute Gasteiger partial charge is 0.158 e. The molecule has 0 bridgehead atoms. The third-order valence-electron chi connectivity index (χ3n) is 2.54. The van der Waals surface area contributed by atoms with Crippen molar-refractivity contribution in [2.75, 3.05) is 0 Å². The first-order chi connectivity index (χ1) is 10.6. The van der Waals surface area contributed by atoms with Crippen molar-refractivity contribution in [3.8, 4) is 11.5 Å². The summed E-state index contributed by atoms with van der Waals surface area (Å²) in [6.07, 6.45) is 0. The van der Waals surface area contributed by atoms with Crippen molar-refractivity contribution in [1.29, 1.82) is 0 Å². The first-order valence-electron chi connectivity index (χ1n) is 5.30. The minimum absolute atomic E-state index is 0.620. The Labute approximate surface area is 216 Å². The molecule has 0 aliphatic carbocycles.